The maximum absolute atomic E-state index is 10.6. The number of fused-ring (bicyclic) bond motifs is 1. The van der Waals surface area contributed by atoms with Crippen LogP contribution in [-0.2, 0) is 0 Å². The average Bonchev–Trinajstić information content (AvgIpc) is 2.88. The summed E-state index contributed by atoms with van der Waals surface area (Å²) < 4.78 is 5.64. The molecule has 4 heterocycles. The molecule has 9 heteroatoms. The average molecular weight is 461 g/mol. The number of piperidine rings is 1. The van der Waals surface area contributed by atoms with Crippen LogP contribution in [0.1, 0.15) is 30.1 Å². The molecule has 3 aromatic rings. The number of hydrogen-bond donors (Lipinski definition) is 3. The van der Waals surface area contributed by atoms with Gasteiger partial charge in [0.05, 0.1) is 36.9 Å². The Labute approximate surface area is 198 Å². The van der Waals surface area contributed by atoms with Crippen molar-refractivity contribution < 1.29 is 14.9 Å². The lowest BCUT2D eigenvalue weighted by molar-refractivity contribution is -0.00634. The molecule has 9 nitrogen and oxygen atoms in total. The highest BCUT2D eigenvalue weighted by Crippen LogP contribution is 2.43. The van der Waals surface area contributed by atoms with E-state index >= 15 is 0 Å². The molecule has 3 N–H and O–H groups in total. The molecule has 0 bridgehead atoms. The van der Waals surface area contributed by atoms with Gasteiger partial charge in [-0.25, -0.2) is 9.98 Å². The molecule has 0 amide bonds. The molecule has 1 unspecified atom stereocenters. The number of methoxy groups -OCH3 is 1. The number of likely N-dealkylation sites (tertiary alicyclic amines) is 1. The number of nitrogens with zero attached hydrogens (tertiary/aromatic N) is 5. The summed E-state index contributed by atoms with van der Waals surface area (Å²) in [5, 5.41) is 23.9. The standard InChI is InChI=1S/C25H28N6O3/c1-34-21-15-26-14-20-23(21)25(30-11-8-19(33)9-12-30)31(16-32)24(29-20)17-7-10-27-22(13-17)28-18-5-3-2-4-6-18/h2-7,10,13-15,19,25,32-33H,8-9,11-12,16H2,1H3,(H,27,28). The lowest BCUT2D eigenvalue weighted by atomic mass is 10.0. The van der Waals surface area contributed by atoms with Gasteiger partial charge < -0.3 is 25.2 Å². The van der Waals surface area contributed by atoms with Crippen molar-refractivity contribution in [2.75, 3.05) is 32.2 Å². The Kier molecular flexibility index (Phi) is 6.39. The summed E-state index contributed by atoms with van der Waals surface area (Å²) in [5.74, 6) is 1.92. The Hall–Kier alpha value is -3.53. The number of nitrogens with one attached hydrogen (secondary N) is 1. The van der Waals surface area contributed by atoms with Crippen molar-refractivity contribution in [1.82, 2.24) is 19.8 Å². The van der Waals surface area contributed by atoms with Crippen molar-refractivity contribution in [1.29, 1.82) is 0 Å². The number of benzene rings is 1. The predicted molar refractivity (Wildman–Crippen MR) is 129 cm³/mol. The smallest absolute Gasteiger partial charge is 0.145 e. The molecule has 1 atom stereocenters. The highest BCUT2D eigenvalue weighted by atomic mass is 16.5. The lowest BCUT2D eigenvalue weighted by Gasteiger charge is -2.45. The van der Waals surface area contributed by atoms with Crippen molar-refractivity contribution in [2.45, 2.75) is 25.1 Å². The number of para-hydroxylation sites is 1. The molecule has 2 aliphatic rings. The number of rotatable bonds is 6. The van der Waals surface area contributed by atoms with Gasteiger partial charge in [0.1, 0.15) is 30.3 Å². The van der Waals surface area contributed by atoms with E-state index < -0.39 is 0 Å². The van der Waals surface area contributed by atoms with Crippen LogP contribution in [0.4, 0.5) is 17.2 Å². The number of aromatic nitrogens is 2. The Morgan fingerprint density at radius 3 is 2.65 bits per heavy atom. The second kappa shape index (κ2) is 9.76. The zero-order chi connectivity index (χ0) is 23.5. The minimum Gasteiger partial charge on any atom is -0.495 e. The molecule has 0 spiro atoms. The molecule has 34 heavy (non-hydrogen) atoms. The van der Waals surface area contributed by atoms with Crippen LogP contribution < -0.4 is 10.1 Å². The van der Waals surface area contributed by atoms with Gasteiger partial charge in [-0.2, -0.15) is 0 Å². The third-order valence-corrected chi connectivity index (χ3v) is 6.26. The maximum atomic E-state index is 10.6. The van der Waals surface area contributed by atoms with E-state index in [0.29, 0.717) is 49.0 Å². The largest absolute Gasteiger partial charge is 0.495 e. The first-order valence-corrected chi connectivity index (χ1v) is 11.4. The van der Waals surface area contributed by atoms with Gasteiger partial charge in [0, 0.05) is 30.5 Å². The SMILES string of the molecule is COc1cncc2c1C(N1CCC(O)CC1)N(CO)C(c1ccnc(Nc3ccccc3)c1)=N2. The summed E-state index contributed by atoms with van der Waals surface area (Å²) in [5.41, 5.74) is 3.31. The maximum Gasteiger partial charge on any atom is 0.145 e. The van der Waals surface area contributed by atoms with Crippen LogP contribution in [0.15, 0.2) is 66.0 Å². The van der Waals surface area contributed by atoms with Crippen molar-refractivity contribution in [3.63, 3.8) is 0 Å². The van der Waals surface area contributed by atoms with Gasteiger partial charge in [-0.3, -0.25) is 9.88 Å². The van der Waals surface area contributed by atoms with Crippen molar-refractivity contribution in [3.8, 4) is 5.75 Å². The fourth-order valence-electron chi connectivity index (χ4n) is 4.59. The van der Waals surface area contributed by atoms with Gasteiger partial charge in [-0.15, -0.1) is 0 Å². The van der Waals surface area contributed by atoms with E-state index in [9.17, 15) is 10.2 Å². The van der Waals surface area contributed by atoms with Crippen molar-refractivity contribution in [2.24, 2.45) is 4.99 Å². The van der Waals surface area contributed by atoms with Crippen LogP contribution in [-0.4, -0.2) is 68.9 Å². The zero-order valence-electron chi connectivity index (χ0n) is 19.0. The first-order valence-electron chi connectivity index (χ1n) is 11.4. The number of hydrogen-bond acceptors (Lipinski definition) is 9. The highest BCUT2D eigenvalue weighted by molar-refractivity contribution is 6.02. The van der Waals surface area contributed by atoms with Crippen LogP contribution in [0.5, 0.6) is 5.75 Å². The van der Waals surface area contributed by atoms with Crippen LogP contribution in [0.2, 0.25) is 0 Å². The van der Waals surface area contributed by atoms with Crippen molar-refractivity contribution in [3.05, 3.63) is 72.2 Å². The number of pyridine rings is 2. The monoisotopic (exact) mass is 460 g/mol. The number of aliphatic hydroxyl groups excluding tert-OH is 2. The van der Waals surface area contributed by atoms with Crippen LogP contribution >= 0.6 is 0 Å². The van der Waals surface area contributed by atoms with E-state index in [1.807, 2.05) is 47.4 Å². The van der Waals surface area contributed by atoms with Gasteiger partial charge in [-0.05, 0) is 37.1 Å². The zero-order valence-corrected chi connectivity index (χ0v) is 19.0. The van der Waals surface area contributed by atoms with Gasteiger partial charge in [0.2, 0.25) is 0 Å². The third-order valence-electron chi connectivity index (χ3n) is 6.26. The lowest BCUT2D eigenvalue weighted by Crippen LogP contribution is -2.50. The summed E-state index contributed by atoms with van der Waals surface area (Å²) in [7, 11) is 1.61. The van der Waals surface area contributed by atoms with E-state index in [2.05, 4.69) is 20.2 Å². The molecule has 0 aliphatic carbocycles. The summed E-state index contributed by atoms with van der Waals surface area (Å²) in [6.07, 6.45) is 5.86. The summed E-state index contributed by atoms with van der Waals surface area (Å²) in [6.45, 7) is 1.15. The third kappa shape index (κ3) is 4.33. The molecule has 2 aromatic heterocycles. The Balaban J connectivity index is 1.57. The molecule has 1 saturated heterocycles. The van der Waals surface area contributed by atoms with Crippen molar-refractivity contribution >= 4 is 23.0 Å². The molecular formula is C25H28N6O3. The number of aliphatic imine (C=N–C) groups is 1. The van der Waals surface area contributed by atoms with E-state index in [1.54, 1.807) is 25.7 Å². The molecular weight excluding hydrogens is 432 g/mol. The quantitative estimate of drug-likeness (QED) is 0.516. The number of anilines is 2. The van der Waals surface area contributed by atoms with Gasteiger partial charge in [0.25, 0.3) is 0 Å². The van der Waals surface area contributed by atoms with E-state index in [4.69, 9.17) is 9.73 Å². The van der Waals surface area contributed by atoms with E-state index in [-0.39, 0.29) is 19.0 Å². The summed E-state index contributed by atoms with van der Waals surface area (Å²) in [6, 6.07) is 13.6. The fraction of sp³-hybridized carbons (Fsp3) is 0.320. The normalized spacial score (nSPS) is 18.9. The first kappa shape index (κ1) is 22.3. The van der Waals surface area contributed by atoms with Crippen LogP contribution in [0.3, 0.4) is 0 Å². The molecule has 0 saturated carbocycles. The summed E-state index contributed by atoms with van der Waals surface area (Å²) in [4.78, 5) is 17.8. The van der Waals surface area contributed by atoms with Crippen LogP contribution in [0.25, 0.3) is 0 Å². The van der Waals surface area contributed by atoms with Gasteiger partial charge in [0.15, 0.2) is 0 Å². The molecule has 0 radical (unpaired) electrons. The summed E-state index contributed by atoms with van der Waals surface area (Å²) >= 11 is 0. The minimum atomic E-state index is -0.309. The van der Waals surface area contributed by atoms with Gasteiger partial charge >= 0.3 is 0 Å². The Morgan fingerprint density at radius 2 is 1.91 bits per heavy atom. The molecule has 176 valence electrons. The Bertz CT molecular complexity index is 1160. The molecule has 2 aliphatic heterocycles. The van der Waals surface area contributed by atoms with E-state index in [1.165, 1.54) is 0 Å². The fourth-order valence-corrected chi connectivity index (χ4v) is 4.59. The number of amidine groups is 1. The second-order valence-corrected chi connectivity index (χ2v) is 8.38. The molecule has 5 rings (SSSR count). The van der Waals surface area contributed by atoms with Gasteiger partial charge in [-0.1, -0.05) is 18.2 Å². The minimum absolute atomic E-state index is 0.239. The second-order valence-electron chi connectivity index (χ2n) is 8.38. The van der Waals surface area contributed by atoms with E-state index in [0.717, 1.165) is 16.8 Å². The highest BCUT2D eigenvalue weighted by Gasteiger charge is 2.38. The molecule has 1 aromatic carbocycles. The topological polar surface area (TPSA) is 106 Å². The number of aliphatic hydroxyl groups is 2. The predicted octanol–water partition coefficient (Wildman–Crippen LogP) is 3.03. The molecule has 1 fully saturated rings. The number of ether oxygens (including phenoxy) is 1. The van der Waals surface area contributed by atoms with Crippen LogP contribution in [0, 0.1) is 0 Å². The Morgan fingerprint density at radius 1 is 1.12 bits per heavy atom. The first-order chi connectivity index (χ1) is 16.7.